The number of hydrogen-bond acceptors (Lipinski definition) is 6. The zero-order valence-corrected chi connectivity index (χ0v) is 13.7. The van der Waals surface area contributed by atoms with E-state index in [1.165, 1.54) is 17.8 Å². The van der Waals surface area contributed by atoms with Crippen LogP contribution in [0.25, 0.3) is 11.4 Å². The van der Waals surface area contributed by atoms with Gasteiger partial charge in [0.15, 0.2) is 6.61 Å². The first-order chi connectivity index (χ1) is 11.7. The summed E-state index contributed by atoms with van der Waals surface area (Å²) in [4.78, 5) is 20.0. The molecule has 2 heterocycles. The first-order valence-corrected chi connectivity index (χ1v) is 7.74. The highest BCUT2D eigenvalue weighted by Gasteiger charge is 2.13. The van der Waals surface area contributed by atoms with Crippen molar-refractivity contribution in [2.75, 3.05) is 0 Å². The number of aromatic nitrogens is 3. The predicted octanol–water partition coefficient (Wildman–Crippen LogP) is 3.70. The van der Waals surface area contributed by atoms with E-state index in [1.807, 2.05) is 24.3 Å². The zero-order chi connectivity index (χ0) is 16.9. The van der Waals surface area contributed by atoms with Crippen molar-refractivity contribution < 1.29 is 14.1 Å². The van der Waals surface area contributed by atoms with Crippen molar-refractivity contribution in [2.24, 2.45) is 0 Å². The van der Waals surface area contributed by atoms with Crippen molar-refractivity contribution in [3.8, 4) is 11.4 Å². The molecule has 24 heavy (non-hydrogen) atoms. The number of aryl methyl sites for hydroxylation is 1. The van der Waals surface area contributed by atoms with Crippen LogP contribution in [-0.4, -0.2) is 21.1 Å². The molecule has 6 nitrogen and oxygen atoms in total. The van der Waals surface area contributed by atoms with Gasteiger partial charge in [0.25, 0.3) is 5.89 Å². The zero-order valence-electron chi connectivity index (χ0n) is 12.9. The molecule has 0 aliphatic heterocycles. The number of nitrogens with zero attached hydrogens (tertiary/aromatic N) is 3. The Hall–Kier alpha value is -2.73. The van der Waals surface area contributed by atoms with Crippen molar-refractivity contribution in [2.45, 2.75) is 20.0 Å². The summed E-state index contributed by atoms with van der Waals surface area (Å²) in [7, 11) is 0. The molecule has 3 aromatic rings. The van der Waals surface area contributed by atoms with Crippen molar-refractivity contribution in [1.29, 1.82) is 0 Å². The lowest BCUT2D eigenvalue weighted by atomic mass is 10.1. The molecule has 1 aromatic carbocycles. The molecule has 2 aromatic heterocycles. The Balaban J connectivity index is 1.64. The average molecular weight is 344 g/mol. The first-order valence-electron chi connectivity index (χ1n) is 7.36. The number of carbonyl (C=O) groups is 1. The van der Waals surface area contributed by atoms with Gasteiger partial charge < -0.3 is 9.26 Å². The Morgan fingerprint density at radius 1 is 1.25 bits per heavy atom. The van der Waals surface area contributed by atoms with E-state index in [0.717, 1.165) is 12.0 Å². The SMILES string of the molecule is CCc1ccc(-c2noc(COC(=O)c3cc(Cl)ccn3)n2)cc1. The largest absolute Gasteiger partial charge is 0.451 e. The van der Waals surface area contributed by atoms with Crippen molar-refractivity contribution in [1.82, 2.24) is 15.1 Å². The third-order valence-corrected chi connectivity index (χ3v) is 3.58. The number of pyridine rings is 1. The molecule has 0 radical (unpaired) electrons. The Morgan fingerprint density at radius 2 is 2.04 bits per heavy atom. The Bertz CT molecular complexity index is 846. The number of carbonyl (C=O) groups excluding carboxylic acids is 1. The average Bonchev–Trinajstić information content (AvgIpc) is 3.09. The second kappa shape index (κ2) is 7.23. The van der Waals surface area contributed by atoms with Crippen LogP contribution in [-0.2, 0) is 17.8 Å². The lowest BCUT2D eigenvalue weighted by Gasteiger charge is -2.01. The van der Waals surface area contributed by atoms with Crippen LogP contribution in [0.15, 0.2) is 47.1 Å². The topological polar surface area (TPSA) is 78.1 Å². The fourth-order valence-corrected chi connectivity index (χ4v) is 2.20. The van der Waals surface area contributed by atoms with Crippen molar-refractivity contribution in [3.05, 3.63) is 64.8 Å². The maximum absolute atomic E-state index is 11.9. The van der Waals surface area contributed by atoms with Crippen LogP contribution in [0.4, 0.5) is 0 Å². The number of rotatable bonds is 5. The standard InChI is InChI=1S/C17H14ClN3O3/c1-2-11-3-5-12(6-4-11)16-20-15(24-21-16)10-23-17(22)14-9-13(18)7-8-19-14/h3-9H,2,10H2,1H3. The van der Waals surface area contributed by atoms with Crippen molar-refractivity contribution >= 4 is 17.6 Å². The molecule has 122 valence electrons. The summed E-state index contributed by atoms with van der Waals surface area (Å²) in [5.74, 6) is 0.0501. The normalized spacial score (nSPS) is 10.6. The number of benzene rings is 1. The maximum atomic E-state index is 11.9. The van der Waals surface area contributed by atoms with Crippen LogP contribution < -0.4 is 0 Å². The summed E-state index contributed by atoms with van der Waals surface area (Å²) in [6.07, 6.45) is 2.40. The number of hydrogen-bond donors (Lipinski definition) is 0. The molecule has 0 fully saturated rings. The summed E-state index contributed by atoms with van der Waals surface area (Å²) < 4.78 is 10.2. The van der Waals surface area contributed by atoms with E-state index in [-0.39, 0.29) is 18.2 Å². The lowest BCUT2D eigenvalue weighted by molar-refractivity contribution is 0.0423. The fraction of sp³-hybridized carbons (Fsp3) is 0.176. The first kappa shape index (κ1) is 16.1. The highest BCUT2D eigenvalue weighted by Crippen LogP contribution is 2.17. The minimum absolute atomic E-state index is 0.123. The fourth-order valence-electron chi connectivity index (χ4n) is 2.04. The molecule has 7 heteroatoms. The van der Waals surface area contributed by atoms with Gasteiger partial charge in [-0.15, -0.1) is 0 Å². The molecule has 0 atom stereocenters. The summed E-state index contributed by atoms with van der Waals surface area (Å²) in [6, 6.07) is 10.9. The maximum Gasteiger partial charge on any atom is 0.357 e. The van der Waals surface area contributed by atoms with Gasteiger partial charge in [-0.05, 0) is 24.1 Å². The van der Waals surface area contributed by atoms with Gasteiger partial charge in [0.05, 0.1) is 0 Å². The predicted molar refractivity (Wildman–Crippen MR) is 87.5 cm³/mol. The molecule has 0 spiro atoms. The third kappa shape index (κ3) is 3.78. The van der Waals surface area contributed by atoms with Gasteiger partial charge in [0.1, 0.15) is 5.69 Å². The Labute approximate surface area is 143 Å². The molecular weight excluding hydrogens is 330 g/mol. The van der Waals surface area contributed by atoms with Crippen LogP contribution in [0, 0.1) is 0 Å². The molecule has 0 unspecified atom stereocenters. The molecule has 0 saturated carbocycles. The molecule has 0 N–H and O–H groups in total. The third-order valence-electron chi connectivity index (χ3n) is 3.35. The van der Waals surface area contributed by atoms with Gasteiger partial charge in [-0.3, -0.25) is 0 Å². The molecule has 3 rings (SSSR count). The number of esters is 1. The lowest BCUT2D eigenvalue weighted by Crippen LogP contribution is -2.07. The Morgan fingerprint density at radius 3 is 2.75 bits per heavy atom. The summed E-state index contributed by atoms with van der Waals surface area (Å²) in [5.41, 5.74) is 2.19. The Kier molecular flexibility index (Phi) is 4.86. The minimum atomic E-state index is -0.607. The van der Waals surface area contributed by atoms with Crippen LogP contribution in [0.3, 0.4) is 0 Å². The summed E-state index contributed by atoms with van der Waals surface area (Å²) in [5, 5.41) is 4.30. The van der Waals surface area contributed by atoms with Gasteiger partial charge in [0, 0.05) is 16.8 Å². The van der Waals surface area contributed by atoms with E-state index >= 15 is 0 Å². The molecule has 0 aliphatic rings. The van der Waals surface area contributed by atoms with Gasteiger partial charge in [-0.1, -0.05) is 47.9 Å². The van der Waals surface area contributed by atoms with Crippen LogP contribution in [0.2, 0.25) is 5.02 Å². The van der Waals surface area contributed by atoms with E-state index in [0.29, 0.717) is 10.8 Å². The number of halogens is 1. The van der Waals surface area contributed by atoms with Crippen LogP contribution in [0.5, 0.6) is 0 Å². The highest BCUT2D eigenvalue weighted by molar-refractivity contribution is 6.30. The second-order valence-corrected chi connectivity index (χ2v) is 5.43. The quantitative estimate of drug-likeness (QED) is 0.657. The summed E-state index contributed by atoms with van der Waals surface area (Å²) in [6.45, 7) is 1.96. The minimum Gasteiger partial charge on any atom is -0.451 e. The molecule has 0 saturated heterocycles. The molecule has 0 bridgehead atoms. The van der Waals surface area contributed by atoms with Gasteiger partial charge >= 0.3 is 5.97 Å². The van der Waals surface area contributed by atoms with E-state index in [9.17, 15) is 4.79 Å². The van der Waals surface area contributed by atoms with E-state index < -0.39 is 5.97 Å². The van der Waals surface area contributed by atoms with Crippen LogP contribution in [0.1, 0.15) is 28.9 Å². The molecular formula is C17H14ClN3O3. The smallest absolute Gasteiger partial charge is 0.357 e. The van der Waals surface area contributed by atoms with Gasteiger partial charge in [-0.25, -0.2) is 9.78 Å². The van der Waals surface area contributed by atoms with E-state index in [1.54, 1.807) is 6.07 Å². The number of ether oxygens (including phenoxy) is 1. The second-order valence-electron chi connectivity index (χ2n) is 5.00. The highest BCUT2D eigenvalue weighted by atomic mass is 35.5. The summed E-state index contributed by atoms with van der Waals surface area (Å²) >= 11 is 5.81. The monoisotopic (exact) mass is 343 g/mol. The van der Waals surface area contributed by atoms with E-state index in [4.69, 9.17) is 20.9 Å². The molecule has 0 amide bonds. The van der Waals surface area contributed by atoms with Crippen LogP contribution >= 0.6 is 11.6 Å². The van der Waals surface area contributed by atoms with Gasteiger partial charge in [0.2, 0.25) is 5.82 Å². The molecule has 0 aliphatic carbocycles. The van der Waals surface area contributed by atoms with Crippen molar-refractivity contribution in [3.63, 3.8) is 0 Å². The van der Waals surface area contributed by atoms with Gasteiger partial charge in [-0.2, -0.15) is 4.98 Å². The van der Waals surface area contributed by atoms with E-state index in [2.05, 4.69) is 22.0 Å².